The van der Waals surface area contributed by atoms with Crippen LogP contribution in [0.15, 0.2) is 12.3 Å². The third-order valence-corrected chi connectivity index (χ3v) is 3.04. The van der Waals surface area contributed by atoms with E-state index in [0.29, 0.717) is 38.9 Å². The number of hydrogen-bond donors (Lipinski definition) is 1. The second-order valence-corrected chi connectivity index (χ2v) is 4.15. The van der Waals surface area contributed by atoms with E-state index in [1.54, 1.807) is 6.20 Å². The highest BCUT2D eigenvalue weighted by molar-refractivity contribution is 5.42. The van der Waals surface area contributed by atoms with Crippen molar-refractivity contribution in [3.63, 3.8) is 0 Å². The Bertz CT molecular complexity index is 400. The lowest BCUT2D eigenvalue weighted by Gasteiger charge is -2.26. The van der Waals surface area contributed by atoms with Gasteiger partial charge in [-0.1, -0.05) is 0 Å². The number of hydrogen-bond acceptors (Lipinski definition) is 5. The van der Waals surface area contributed by atoms with Gasteiger partial charge in [0.15, 0.2) is 0 Å². The number of aromatic nitrogens is 1. The minimum absolute atomic E-state index is 0.483. The van der Waals surface area contributed by atoms with Crippen LogP contribution in [-0.2, 0) is 26.4 Å². The first-order chi connectivity index (χ1) is 7.80. The molecule has 1 saturated heterocycles. The predicted molar refractivity (Wildman–Crippen MR) is 56.8 cm³/mol. The van der Waals surface area contributed by atoms with Gasteiger partial charge in [0.2, 0.25) is 0 Å². The highest BCUT2D eigenvalue weighted by atomic mass is 16.6. The minimum atomic E-state index is -0.483. The zero-order valence-corrected chi connectivity index (χ0v) is 8.94. The number of fused-ring (bicyclic) bond motifs is 2. The van der Waals surface area contributed by atoms with Crippen molar-refractivity contribution in [3.8, 4) is 0 Å². The van der Waals surface area contributed by atoms with Gasteiger partial charge in [-0.3, -0.25) is 0 Å². The van der Waals surface area contributed by atoms with Crippen LogP contribution in [0.4, 0.5) is 5.82 Å². The van der Waals surface area contributed by atoms with E-state index in [1.807, 2.05) is 6.07 Å². The highest BCUT2D eigenvalue weighted by Gasteiger charge is 2.42. The molecule has 1 aromatic heterocycles. The molecule has 0 atom stereocenters. The van der Waals surface area contributed by atoms with Gasteiger partial charge in [0.25, 0.3) is 0 Å². The molecule has 5 nitrogen and oxygen atoms in total. The molecule has 0 amide bonds. The van der Waals surface area contributed by atoms with E-state index in [9.17, 15) is 0 Å². The van der Waals surface area contributed by atoms with Gasteiger partial charge in [0, 0.05) is 11.8 Å². The van der Waals surface area contributed by atoms with Crippen molar-refractivity contribution in [2.45, 2.75) is 12.2 Å². The van der Waals surface area contributed by atoms with Crippen LogP contribution in [0.3, 0.4) is 0 Å². The molecule has 2 aliphatic heterocycles. The molecule has 5 heteroatoms. The van der Waals surface area contributed by atoms with E-state index in [0.717, 1.165) is 11.1 Å². The molecule has 2 aliphatic rings. The monoisotopic (exact) mass is 222 g/mol. The molecule has 86 valence electrons. The fourth-order valence-corrected chi connectivity index (χ4v) is 2.21. The summed E-state index contributed by atoms with van der Waals surface area (Å²) in [6.45, 7) is 2.81. The molecule has 0 bridgehead atoms. The lowest BCUT2D eigenvalue weighted by molar-refractivity contribution is -0.104. The fourth-order valence-electron chi connectivity index (χ4n) is 2.21. The molecule has 0 saturated carbocycles. The normalized spacial score (nSPS) is 23.0. The summed E-state index contributed by atoms with van der Waals surface area (Å²) in [6.07, 6.45) is 1.77. The van der Waals surface area contributed by atoms with Crippen molar-refractivity contribution in [1.29, 1.82) is 0 Å². The Labute approximate surface area is 93.5 Å². The molecule has 0 unspecified atom stereocenters. The van der Waals surface area contributed by atoms with E-state index in [1.165, 1.54) is 0 Å². The first-order valence-electron chi connectivity index (χ1n) is 5.34. The van der Waals surface area contributed by atoms with Crippen molar-refractivity contribution >= 4 is 5.82 Å². The molecule has 0 radical (unpaired) electrons. The van der Waals surface area contributed by atoms with Gasteiger partial charge in [-0.2, -0.15) is 0 Å². The van der Waals surface area contributed by atoms with Crippen LogP contribution in [0.1, 0.15) is 11.1 Å². The van der Waals surface area contributed by atoms with Crippen LogP contribution in [-0.4, -0.2) is 31.4 Å². The molecule has 2 N–H and O–H groups in total. The first kappa shape index (κ1) is 10.0. The SMILES string of the molecule is Nc1cc2c(cn1)COC21COCCOC1. The van der Waals surface area contributed by atoms with Crippen LogP contribution in [0.2, 0.25) is 0 Å². The summed E-state index contributed by atoms with van der Waals surface area (Å²) in [4.78, 5) is 4.07. The van der Waals surface area contributed by atoms with Gasteiger partial charge in [0.1, 0.15) is 11.4 Å². The number of rotatable bonds is 0. The van der Waals surface area contributed by atoms with Crippen LogP contribution < -0.4 is 5.73 Å². The third kappa shape index (κ3) is 1.48. The Balaban J connectivity index is 2.02. The zero-order chi connectivity index (χ0) is 11.0. The number of ether oxygens (including phenoxy) is 3. The topological polar surface area (TPSA) is 66.6 Å². The summed E-state index contributed by atoms with van der Waals surface area (Å²) in [5, 5.41) is 0. The van der Waals surface area contributed by atoms with Crippen LogP contribution in [0.25, 0.3) is 0 Å². The lowest BCUT2D eigenvalue weighted by Crippen LogP contribution is -2.34. The molecule has 3 rings (SSSR count). The highest BCUT2D eigenvalue weighted by Crippen LogP contribution is 2.38. The molecular formula is C11H14N2O3. The molecular weight excluding hydrogens is 208 g/mol. The van der Waals surface area contributed by atoms with E-state index in [4.69, 9.17) is 19.9 Å². The predicted octanol–water partition coefficient (Wildman–Crippen LogP) is 0.436. The summed E-state index contributed by atoms with van der Waals surface area (Å²) in [5.41, 5.74) is 7.36. The Morgan fingerprint density at radius 2 is 2.00 bits per heavy atom. The summed E-state index contributed by atoms with van der Waals surface area (Å²) in [7, 11) is 0. The van der Waals surface area contributed by atoms with Crippen molar-refractivity contribution in [1.82, 2.24) is 4.98 Å². The van der Waals surface area contributed by atoms with E-state index < -0.39 is 5.60 Å². The van der Waals surface area contributed by atoms with Gasteiger partial charge in [-0.05, 0) is 11.6 Å². The Morgan fingerprint density at radius 3 is 2.75 bits per heavy atom. The van der Waals surface area contributed by atoms with Crippen molar-refractivity contribution < 1.29 is 14.2 Å². The van der Waals surface area contributed by atoms with E-state index in [-0.39, 0.29) is 0 Å². The summed E-state index contributed by atoms with van der Waals surface area (Å²) < 4.78 is 16.9. The molecule has 0 aromatic carbocycles. The minimum Gasteiger partial charge on any atom is -0.384 e. The summed E-state index contributed by atoms with van der Waals surface area (Å²) >= 11 is 0. The maximum absolute atomic E-state index is 5.84. The number of anilines is 1. The number of nitrogen functional groups attached to an aromatic ring is 1. The standard InChI is InChI=1S/C11H14N2O3/c12-10-3-9-8(4-13-10)5-16-11(9)6-14-1-2-15-7-11/h3-4H,1-2,5-7H2,(H2,12,13). The third-order valence-electron chi connectivity index (χ3n) is 3.04. The van der Waals surface area contributed by atoms with Crippen LogP contribution in [0.5, 0.6) is 0 Å². The molecule has 3 heterocycles. The van der Waals surface area contributed by atoms with Crippen molar-refractivity contribution in [3.05, 3.63) is 23.4 Å². The van der Waals surface area contributed by atoms with E-state index in [2.05, 4.69) is 4.98 Å². The van der Waals surface area contributed by atoms with Gasteiger partial charge in [-0.25, -0.2) is 4.98 Å². The molecule has 16 heavy (non-hydrogen) atoms. The maximum Gasteiger partial charge on any atom is 0.140 e. The molecule has 1 aromatic rings. The second kappa shape index (κ2) is 3.69. The summed E-state index contributed by atoms with van der Waals surface area (Å²) in [5.74, 6) is 0.507. The Kier molecular flexibility index (Phi) is 2.31. The Hall–Kier alpha value is -1.17. The lowest BCUT2D eigenvalue weighted by atomic mass is 9.95. The van der Waals surface area contributed by atoms with Crippen molar-refractivity contribution in [2.24, 2.45) is 0 Å². The summed E-state index contributed by atoms with van der Waals surface area (Å²) in [6, 6.07) is 1.86. The fraction of sp³-hybridized carbons (Fsp3) is 0.545. The molecule has 0 aliphatic carbocycles. The van der Waals surface area contributed by atoms with Crippen LogP contribution in [0, 0.1) is 0 Å². The van der Waals surface area contributed by atoms with Gasteiger partial charge < -0.3 is 19.9 Å². The maximum atomic E-state index is 5.84. The van der Waals surface area contributed by atoms with E-state index >= 15 is 0 Å². The van der Waals surface area contributed by atoms with Crippen molar-refractivity contribution in [2.75, 3.05) is 32.2 Å². The van der Waals surface area contributed by atoms with Crippen LogP contribution >= 0.6 is 0 Å². The van der Waals surface area contributed by atoms with Gasteiger partial charge in [-0.15, -0.1) is 0 Å². The Morgan fingerprint density at radius 1 is 1.25 bits per heavy atom. The largest absolute Gasteiger partial charge is 0.384 e. The molecule has 1 spiro atoms. The quantitative estimate of drug-likeness (QED) is 0.689. The second-order valence-electron chi connectivity index (χ2n) is 4.15. The van der Waals surface area contributed by atoms with Gasteiger partial charge >= 0.3 is 0 Å². The number of pyridine rings is 1. The first-order valence-corrected chi connectivity index (χ1v) is 5.34. The number of nitrogens with zero attached hydrogens (tertiary/aromatic N) is 1. The number of nitrogens with two attached hydrogens (primary N) is 1. The zero-order valence-electron chi connectivity index (χ0n) is 8.94. The average Bonchev–Trinajstić information content (AvgIpc) is 2.49. The molecule has 1 fully saturated rings. The van der Waals surface area contributed by atoms with Gasteiger partial charge in [0.05, 0.1) is 33.0 Å². The average molecular weight is 222 g/mol. The smallest absolute Gasteiger partial charge is 0.140 e.